The highest BCUT2D eigenvalue weighted by molar-refractivity contribution is 5.95. The van der Waals surface area contributed by atoms with Gasteiger partial charge in [0.25, 0.3) is 0 Å². The second-order valence-corrected chi connectivity index (χ2v) is 3.19. The highest BCUT2D eigenvalue weighted by Crippen LogP contribution is 2.08. The van der Waals surface area contributed by atoms with Crippen LogP contribution in [0, 0.1) is 0 Å². The molecule has 0 spiro atoms. The lowest BCUT2D eigenvalue weighted by Gasteiger charge is -2.25. The molecule has 0 radical (unpaired) electrons. The fourth-order valence-corrected chi connectivity index (χ4v) is 1.23. The zero-order chi connectivity index (χ0) is 9.26. The van der Waals surface area contributed by atoms with E-state index in [9.17, 15) is 4.79 Å². The van der Waals surface area contributed by atoms with Gasteiger partial charge in [0.15, 0.2) is 0 Å². The molecule has 1 aliphatic rings. The van der Waals surface area contributed by atoms with Crippen molar-refractivity contribution in [3.8, 4) is 0 Å². The number of rotatable bonds is 2. The van der Waals surface area contributed by atoms with Crippen LogP contribution in [0.3, 0.4) is 0 Å². The van der Waals surface area contributed by atoms with Crippen molar-refractivity contribution in [1.29, 1.82) is 0 Å². The first kappa shape index (κ1) is 11.0. The minimum absolute atomic E-state index is 0. The van der Waals surface area contributed by atoms with Gasteiger partial charge >= 0.3 is 0 Å². The average Bonchev–Trinajstić information content (AvgIpc) is 2.31. The van der Waals surface area contributed by atoms with Crippen LogP contribution in [0.25, 0.3) is 0 Å². The number of carbonyl (C=O) groups excluding carboxylic acids is 1. The lowest BCUT2D eigenvalue weighted by molar-refractivity contribution is -0.119. The van der Waals surface area contributed by atoms with Crippen LogP contribution in [0.1, 0.15) is 6.42 Å². The largest absolute Gasteiger partial charge is 0.322 e. The summed E-state index contributed by atoms with van der Waals surface area (Å²) >= 11 is 0. The van der Waals surface area contributed by atoms with E-state index in [0.717, 1.165) is 18.7 Å². The first-order valence-electron chi connectivity index (χ1n) is 4.28. The van der Waals surface area contributed by atoms with Gasteiger partial charge in [0.05, 0.1) is 17.9 Å². The summed E-state index contributed by atoms with van der Waals surface area (Å²) in [4.78, 5) is 11.4. The fraction of sp³-hybridized carbons (Fsp3) is 0.500. The Labute approximate surface area is 88.3 Å². The summed E-state index contributed by atoms with van der Waals surface area (Å²) in [6.45, 7) is 0.936. The molecule has 1 aliphatic heterocycles. The van der Waals surface area contributed by atoms with Crippen molar-refractivity contribution in [3.63, 3.8) is 0 Å². The van der Waals surface area contributed by atoms with Crippen LogP contribution >= 0.6 is 12.4 Å². The molecule has 2 heterocycles. The molecule has 1 saturated heterocycles. The maximum Gasteiger partial charge on any atom is 0.241 e. The van der Waals surface area contributed by atoms with Gasteiger partial charge in [-0.05, 0) is 13.0 Å². The second kappa shape index (κ2) is 4.43. The number of aromatic nitrogens is 2. The summed E-state index contributed by atoms with van der Waals surface area (Å²) in [5, 5.41) is 9.77. The van der Waals surface area contributed by atoms with Crippen LogP contribution in [0.2, 0.25) is 0 Å². The molecule has 1 aromatic heterocycles. The molecule has 0 bridgehead atoms. The third-order valence-corrected chi connectivity index (χ3v) is 2.11. The van der Waals surface area contributed by atoms with Crippen molar-refractivity contribution >= 4 is 24.0 Å². The number of carbonyl (C=O) groups is 1. The van der Waals surface area contributed by atoms with Gasteiger partial charge in [0, 0.05) is 13.2 Å². The topological polar surface area (TPSA) is 59.0 Å². The van der Waals surface area contributed by atoms with Gasteiger partial charge in [0.2, 0.25) is 5.91 Å². The smallest absolute Gasteiger partial charge is 0.241 e. The van der Waals surface area contributed by atoms with Gasteiger partial charge in [0.1, 0.15) is 0 Å². The molecule has 2 rings (SSSR count). The molecule has 78 valence electrons. The third-order valence-electron chi connectivity index (χ3n) is 2.11. The minimum atomic E-state index is -0.0137. The number of hydrogen-bond acceptors (Lipinski definition) is 3. The summed E-state index contributed by atoms with van der Waals surface area (Å²) in [5.41, 5.74) is 0.751. The van der Waals surface area contributed by atoms with E-state index in [0.29, 0.717) is 0 Å². The van der Waals surface area contributed by atoms with E-state index >= 15 is 0 Å². The Morgan fingerprint density at radius 3 is 2.93 bits per heavy atom. The molecule has 5 nitrogen and oxygen atoms in total. The van der Waals surface area contributed by atoms with Crippen molar-refractivity contribution in [1.82, 2.24) is 15.1 Å². The average molecular weight is 217 g/mol. The third kappa shape index (κ3) is 2.24. The predicted octanol–water partition coefficient (Wildman–Crippen LogP) is 0.142. The lowest BCUT2D eigenvalue weighted by Crippen LogP contribution is -2.50. The van der Waals surface area contributed by atoms with Gasteiger partial charge in [-0.15, -0.1) is 12.4 Å². The fourth-order valence-electron chi connectivity index (χ4n) is 1.23. The van der Waals surface area contributed by atoms with Crippen LogP contribution in [-0.2, 0) is 11.8 Å². The van der Waals surface area contributed by atoms with Gasteiger partial charge in [-0.25, -0.2) is 0 Å². The van der Waals surface area contributed by atoms with Gasteiger partial charge in [-0.1, -0.05) is 0 Å². The minimum Gasteiger partial charge on any atom is -0.322 e. The lowest BCUT2D eigenvalue weighted by atomic mass is 10.1. The Balaban J connectivity index is 0.000000980. The molecule has 1 atom stereocenters. The Morgan fingerprint density at radius 2 is 2.50 bits per heavy atom. The molecule has 6 heteroatoms. The number of amides is 1. The molecule has 0 aromatic carbocycles. The highest BCUT2D eigenvalue weighted by atomic mass is 35.5. The summed E-state index contributed by atoms with van der Waals surface area (Å²) in [7, 11) is 1.82. The van der Waals surface area contributed by atoms with E-state index in [4.69, 9.17) is 0 Å². The van der Waals surface area contributed by atoms with Crippen LogP contribution in [-0.4, -0.2) is 28.3 Å². The maximum atomic E-state index is 11.4. The number of anilines is 1. The number of nitrogens with zero attached hydrogens (tertiary/aromatic N) is 2. The van der Waals surface area contributed by atoms with E-state index in [2.05, 4.69) is 15.7 Å². The van der Waals surface area contributed by atoms with Crippen molar-refractivity contribution in [2.75, 3.05) is 11.9 Å². The highest BCUT2D eigenvalue weighted by Gasteiger charge is 2.24. The summed E-state index contributed by atoms with van der Waals surface area (Å²) in [6.07, 6.45) is 4.33. The summed E-state index contributed by atoms with van der Waals surface area (Å²) < 4.78 is 1.66. The summed E-state index contributed by atoms with van der Waals surface area (Å²) in [6, 6.07) is -0.0137. The molecule has 0 aliphatic carbocycles. The molecular formula is C8H13ClN4O. The van der Waals surface area contributed by atoms with Gasteiger partial charge < -0.3 is 10.6 Å². The number of aryl methyl sites for hydroxylation is 1. The predicted molar refractivity (Wildman–Crippen MR) is 55.5 cm³/mol. The van der Waals surface area contributed by atoms with E-state index in [1.807, 2.05) is 7.05 Å². The van der Waals surface area contributed by atoms with E-state index in [1.54, 1.807) is 17.1 Å². The van der Waals surface area contributed by atoms with E-state index < -0.39 is 0 Å². The molecule has 0 saturated carbocycles. The number of hydrogen-bond donors (Lipinski definition) is 2. The SMILES string of the molecule is Cl.Cn1cc(NC(=O)[C@H]2CCN2)cn1. The molecule has 1 aromatic rings. The van der Waals surface area contributed by atoms with Gasteiger partial charge in [-0.2, -0.15) is 5.10 Å². The molecule has 1 amide bonds. The maximum absolute atomic E-state index is 11.4. The van der Waals surface area contributed by atoms with E-state index in [1.165, 1.54) is 0 Å². The molecular weight excluding hydrogens is 204 g/mol. The van der Waals surface area contributed by atoms with Crippen molar-refractivity contribution in [2.45, 2.75) is 12.5 Å². The zero-order valence-electron chi connectivity index (χ0n) is 7.86. The monoisotopic (exact) mass is 216 g/mol. The number of halogens is 1. The van der Waals surface area contributed by atoms with Crippen molar-refractivity contribution in [3.05, 3.63) is 12.4 Å². The Kier molecular flexibility index (Phi) is 3.49. The zero-order valence-corrected chi connectivity index (χ0v) is 8.67. The number of nitrogens with one attached hydrogen (secondary N) is 2. The Hall–Kier alpha value is -1.07. The van der Waals surface area contributed by atoms with E-state index in [-0.39, 0.29) is 24.4 Å². The standard InChI is InChI=1S/C8H12N4O.ClH/c1-12-5-6(4-10-12)11-8(13)7-2-3-9-7;/h4-5,7,9H,2-3H2,1H3,(H,11,13);1H/t7-;/m1./s1. The Bertz CT molecular complexity index is 321. The summed E-state index contributed by atoms with van der Waals surface area (Å²) in [5.74, 6) is 0.0271. The quantitative estimate of drug-likeness (QED) is 0.740. The molecule has 1 fully saturated rings. The van der Waals surface area contributed by atoms with Crippen LogP contribution in [0.15, 0.2) is 12.4 Å². The molecule has 2 N–H and O–H groups in total. The first-order chi connectivity index (χ1) is 6.25. The molecule has 0 unspecified atom stereocenters. The van der Waals surface area contributed by atoms with Crippen molar-refractivity contribution < 1.29 is 4.79 Å². The van der Waals surface area contributed by atoms with Gasteiger partial charge in [-0.3, -0.25) is 9.48 Å². The normalized spacial score (nSPS) is 19.4. The van der Waals surface area contributed by atoms with Crippen LogP contribution < -0.4 is 10.6 Å². The van der Waals surface area contributed by atoms with Crippen molar-refractivity contribution in [2.24, 2.45) is 7.05 Å². The Morgan fingerprint density at radius 1 is 1.79 bits per heavy atom. The van der Waals surface area contributed by atoms with Crippen LogP contribution in [0.5, 0.6) is 0 Å². The van der Waals surface area contributed by atoms with Crippen LogP contribution in [0.4, 0.5) is 5.69 Å². The molecule has 14 heavy (non-hydrogen) atoms. The first-order valence-corrected chi connectivity index (χ1v) is 4.28. The second-order valence-electron chi connectivity index (χ2n) is 3.19.